The van der Waals surface area contributed by atoms with Gasteiger partial charge < -0.3 is 5.11 Å². The van der Waals surface area contributed by atoms with Gasteiger partial charge in [0.25, 0.3) is 0 Å². The fourth-order valence-corrected chi connectivity index (χ4v) is 1.36. The Hall–Kier alpha value is -2.09. The molecule has 0 radical (unpaired) electrons. The molecule has 0 saturated heterocycles. The summed E-state index contributed by atoms with van der Waals surface area (Å²) in [4.78, 5) is 10.8. The van der Waals surface area contributed by atoms with Gasteiger partial charge in [0, 0.05) is 5.56 Å². The smallest absolute Gasteiger partial charge is 0.159 e. The second kappa shape index (κ2) is 9.79. The van der Waals surface area contributed by atoms with Crippen LogP contribution in [0.3, 0.4) is 0 Å². The molecular formula is C18H24O2. The maximum Gasteiger partial charge on any atom is 0.159 e. The van der Waals surface area contributed by atoms with Crippen LogP contribution in [0, 0.1) is 13.8 Å². The van der Waals surface area contributed by atoms with Crippen molar-refractivity contribution in [3.8, 4) is 5.75 Å². The maximum atomic E-state index is 10.8. The van der Waals surface area contributed by atoms with Crippen molar-refractivity contribution in [2.45, 2.75) is 34.6 Å². The molecule has 0 aliphatic rings. The molecule has 2 rings (SSSR count). The van der Waals surface area contributed by atoms with E-state index in [2.05, 4.69) is 19.1 Å². The number of aromatic hydroxyl groups is 1. The minimum Gasteiger partial charge on any atom is -0.508 e. The van der Waals surface area contributed by atoms with Crippen LogP contribution in [-0.4, -0.2) is 10.9 Å². The lowest BCUT2D eigenvalue weighted by molar-refractivity contribution is 0.101. The fraction of sp³-hybridized carbons (Fsp3) is 0.278. The zero-order valence-electron chi connectivity index (χ0n) is 13.0. The number of carbonyl (C=O) groups excluding carboxylic acids is 1. The van der Waals surface area contributed by atoms with Gasteiger partial charge in [-0.15, -0.1) is 0 Å². The molecule has 0 aliphatic heterocycles. The van der Waals surface area contributed by atoms with Gasteiger partial charge in [0.15, 0.2) is 5.78 Å². The molecule has 0 aliphatic carbocycles. The Bertz CT molecular complexity index is 516. The first-order valence-electron chi connectivity index (χ1n) is 6.83. The number of benzene rings is 2. The number of phenolic OH excluding ortho intramolecular Hbond substituents is 1. The number of ketones is 1. The Kier molecular flexibility index (Phi) is 8.77. The predicted octanol–water partition coefficient (Wildman–Crippen LogP) is 4.92. The van der Waals surface area contributed by atoms with Gasteiger partial charge in [-0.25, -0.2) is 0 Å². The molecule has 0 bridgehead atoms. The van der Waals surface area contributed by atoms with E-state index in [0.717, 1.165) is 5.56 Å². The molecule has 1 N–H and O–H groups in total. The summed E-state index contributed by atoms with van der Waals surface area (Å²) in [5.74, 6) is 0.151. The molecule has 0 atom stereocenters. The summed E-state index contributed by atoms with van der Waals surface area (Å²) < 4.78 is 0. The predicted molar refractivity (Wildman–Crippen MR) is 85.4 cm³/mol. The van der Waals surface area contributed by atoms with Crippen LogP contribution in [0.2, 0.25) is 0 Å². The molecule has 2 heteroatoms. The number of Topliss-reactive ketones (excluding diaryl/α,β-unsaturated/α-hetero) is 1. The van der Waals surface area contributed by atoms with Crippen molar-refractivity contribution in [3.63, 3.8) is 0 Å². The summed E-state index contributed by atoms with van der Waals surface area (Å²) in [5.41, 5.74) is 2.66. The quantitative estimate of drug-likeness (QED) is 0.748. The molecule has 2 nitrogen and oxygen atoms in total. The van der Waals surface area contributed by atoms with Gasteiger partial charge in [-0.1, -0.05) is 61.9 Å². The third-order valence-electron chi connectivity index (χ3n) is 2.56. The number of aryl methyl sites for hydroxylation is 2. The topological polar surface area (TPSA) is 37.3 Å². The Labute approximate surface area is 122 Å². The molecule has 20 heavy (non-hydrogen) atoms. The average Bonchev–Trinajstić information content (AvgIpc) is 2.45. The van der Waals surface area contributed by atoms with Crippen LogP contribution in [0.1, 0.15) is 42.3 Å². The molecule has 2 aromatic carbocycles. The number of rotatable bonds is 1. The number of hydrogen-bond acceptors (Lipinski definition) is 2. The molecule has 2 aromatic rings. The van der Waals surface area contributed by atoms with Crippen LogP contribution < -0.4 is 0 Å². The minimum atomic E-state index is -0.0275. The molecule has 0 saturated carbocycles. The third kappa shape index (κ3) is 6.74. The number of phenols is 1. The van der Waals surface area contributed by atoms with E-state index >= 15 is 0 Å². The molecular weight excluding hydrogens is 248 g/mol. The van der Waals surface area contributed by atoms with Crippen LogP contribution in [0.25, 0.3) is 0 Å². The third-order valence-corrected chi connectivity index (χ3v) is 2.56. The number of carbonyl (C=O) groups is 1. The van der Waals surface area contributed by atoms with Crippen molar-refractivity contribution >= 4 is 5.78 Å². The molecule has 108 valence electrons. The lowest BCUT2D eigenvalue weighted by atomic mass is 10.1. The van der Waals surface area contributed by atoms with E-state index in [1.807, 2.05) is 32.0 Å². The Morgan fingerprint density at radius 1 is 0.950 bits per heavy atom. The maximum absolute atomic E-state index is 10.8. The fourth-order valence-electron chi connectivity index (χ4n) is 1.36. The Balaban J connectivity index is 0.000000345. The zero-order valence-corrected chi connectivity index (χ0v) is 13.0. The van der Waals surface area contributed by atoms with Gasteiger partial charge in [0.1, 0.15) is 5.75 Å². The van der Waals surface area contributed by atoms with Crippen molar-refractivity contribution in [3.05, 3.63) is 65.2 Å². The van der Waals surface area contributed by atoms with Gasteiger partial charge in [0.05, 0.1) is 0 Å². The SMILES string of the molecule is CC.CC(=O)c1ccc(C)c(O)c1.Cc1ccccc1. The summed E-state index contributed by atoms with van der Waals surface area (Å²) in [6.45, 7) is 9.35. The van der Waals surface area contributed by atoms with Crippen LogP contribution in [0.5, 0.6) is 5.75 Å². The summed E-state index contributed by atoms with van der Waals surface area (Å²) in [6, 6.07) is 15.2. The molecule has 0 fully saturated rings. The first-order valence-corrected chi connectivity index (χ1v) is 6.83. The molecule has 0 heterocycles. The largest absolute Gasteiger partial charge is 0.508 e. The van der Waals surface area contributed by atoms with E-state index in [1.54, 1.807) is 19.1 Å². The summed E-state index contributed by atoms with van der Waals surface area (Å²) in [6.07, 6.45) is 0. The van der Waals surface area contributed by atoms with Gasteiger partial charge in [-0.3, -0.25) is 4.79 Å². The number of hydrogen-bond donors (Lipinski definition) is 1. The van der Waals surface area contributed by atoms with Crippen molar-refractivity contribution < 1.29 is 9.90 Å². The molecule has 0 spiro atoms. The van der Waals surface area contributed by atoms with Gasteiger partial charge in [-0.2, -0.15) is 0 Å². The summed E-state index contributed by atoms with van der Waals surface area (Å²) in [7, 11) is 0. The first kappa shape index (κ1) is 17.9. The van der Waals surface area contributed by atoms with Crippen molar-refractivity contribution in [1.82, 2.24) is 0 Å². The molecule has 0 aromatic heterocycles. The van der Waals surface area contributed by atoms with Gasteiger partial charge in [-0.05, 0) is 32.4 Å². The van der Waals surface area contributed by atoms with E-state index < -0.39 is 0 Å². The summed E-state index contributed by atoms with van der Waals surface area (Å²) in [5, 5.41) is 9.20. The lowest BCUT2D eigenvalue weighted by Gasteiger charge is -1.99. The standard InChI is InChI=1S/C9H10O2.C7H8.C2H6/c1-6-3-4-8(7(2)10)5-9(6)11;1-7-5-3-2-4-6-7;1-2/h3-5,11H,1-2H3;2-6H,1H3;1-2H3. The second-order valence-corrected chi connectivity index (χ2v) is 4.21. The van der Waals surface area contributed by atoms with Gasteiger partial charge in [0.2, 0.25) is 0 Å². The van der Waals surface area contributed by atoms with Crippen molar-refractivity contribution in [2.75, 3.05) is 0 Å². The first-order chi connectivity index (χ1) is 9.50. The van der Waals surface area contributed by atoms with E-state index in [-0.39, 0.29) is 11.5 Å². The highest BCUT2D eigenvalue weighted by Crippen LogP contribution is 2.17. The monoisotopic (exact) mass is 272 g/mol. The molecule has 0 amide bonds. The average molecular weight is 272 g/mol. The van der Waals surface area contributed by atoms with Gasteiger partial charge >= 0.3 is 0 Å². The van der Waals surface area contributed by atoms with Crippen LogP contribution in [0.4, 0.5) is 0 Å². The highest BCUT2D eigenvalue weighted by molar-refractivity contribution is 5.94. The van der Waals surface area contributed by atoms with E-state index in [9.17, 15) is 9.90 Å². The highest BCUT2D eigenvalue weighted by atomic mass is 16.3. The molecule has 0 unspecified atom stereocenters. The summed E-state index contributed by atoms with van der Waals surface area (Å²) >= 11 is 0. The van der Waals surface area contributed by atoms with E-state index in [0.29, 0.717) is 5.56 Å². The Morgan fingerprint density at radius 2 is 1.50 bits per heavy atom. The zero-order chi connectivity index (χ0) is 15.5. The van der Waals surface area contributed by atoms with Crippen LogP contribution >= 0.6 is 0 Å². The lowest BCUT2D eigenvalue weighted by Crippen LogP contribution is -1.91. The second-order valence-electron chi connectivity index (χ2n) is 4.21. The van der Waals surface area contributed by atoms with Crippen LogP contribution in [-0.2, 0) is 0 Å². The van der Waals surface area contributed by atoms with Crippen molar-refractivity contribution in [1.29, 1.82) is 0 Å². The van der Waals surface area contributed by atoms with Crippen molar-refractivity contribution in [2.24, 2.45) is 0 Å². The van der Waals surface area contributed by atoms with Crippen LogP contribution in [0.15, 0.2) is 48.5 Å². The normalized spacial score (nSPS) is 8.65. The highest BCUT2D eigenvalue weighted by Gasteiger charge is 2.01. The Morgan fingerprint density at radius 3 is 1.85 bits per heavy atom. The minimum absolute atomic E-state index is 0.0275. The van der Waals surface area contributed by atoms with E-state index in [1.165, 1.54) is 18.6 Å². The van der Waals surface area contributed by atoms with E-state index in [4.69, 9.17) is 0 Å².